The fourth-order valence-electron chi connectivity index (χ4n) is 1.20. The minimum Gasteiger partial charge on any atom is -0.330 e. The van der Waals surface area contributed by atoms with Crippen LogP contribution < -0.4 is 11.1 Å². The lowest BCUT2D eigenvalue weighted by atomic mass is 10.2. The molecule has 4 nitrogen and oxygen atoms in total. The first kappa shape index (κ1) is 15.0. The summed E-state index contributed by atoms with van der Waals surface area (Å²) in [6, 6.07) is 3.75. The highest BCUT2D eigenvalue weighted by atomic mass is 32.2. The van der Waals surface area contributed by atoms with Gasteiger partial charge in [-0.15, -0.1) is 11.3 Å². The number of carbonyl (C=O) groups excluding carboxylic acids is 1. The summed E-state index contributed by atoms with van der Waals surface area (Å²) in [5, 5.41) is 14.0. The fourth-order valence-corrected chi connectivity index (χ4v) is 2.99. The Morgan fingerprint density at radius 2 is 2.50 bits per heavy atom. The molecule has 1 heterocycles. The molecule has 1 atom stereocenters. The molecule has 0 spiro atoms. The molecule has 0 aliphatic carbocycles. The van der Waals surface area contributed by atoms with Crippen LogP contribution in [-0.2, 0) is 4.79 Å². The molecular formula is C12H17N3OS2. The summed E-state index contributed by atoms with van der Waals surface area (Å²) >= 11 is 3.11. The molecule has 1 rings (SSSR count). The molecule has 3 N–H and O–H groups in total. The van der Waals surface area contributed by atoms with Crippen molar-refractivity contribution < 1.29 is 4.79 Å². The largest absolute Gasteiger partial charge is 0.330 e. The van der Waals surface area contributed by atoms with Crippen molar-refractivity contribution in [2.75, 3.05) is 23.4 Å². The minimum atomic E-state index is -0.0400. The highest BCUT2D eigenvalue weighted by molar-refractivity contribution is 7.99. The van der Waals surface area contributed by atoms with Gasteiger partial charge in [-0.2, -0.15) is 17.0 Å². The van der Waals surface area contributed by atoms with Crippen molar-refractivity contribution in [3.05, 3.63) is 17.0 Å². The van der Waals surface area contributed by atoms with Crippen LogP contribution in [-0.4, -0.2) is 24.0 Å². The molecule has 18 heavy (non-hydrogen) atoms. The molecule has 0 aromatic carbocycles. The van der Waals surface area contributed by atoms with E-state index in [2.05, 4.69) is 12.2 Å². The van der Waals surface area contributed by atoms with Crippen molar-refractivity contribution in [1.82, 2.24) is 0 Å². The van der Waals surface area contributed by atoms with E-state index in [0.717, 1.165) is 11.5 Å². The van der Waals surface area contributed by atoms with Gasteiger partial charge in [0.2, 0.25) is 5.91 Å². The highest BCUT2D eigenvalue weighted by Crippen LogP contribution is 2.22. The van der Waals surface area contributed by atoms with E-state index in [0.29, 0.717) is 29.4 Å². The van der Waals surface area contributed by atoms with Crippen molar-refractivity contribution in [3.8, 4) is 6.07 Å². The predicted molar refractivity (Wildman–Crippen MR) is 77.8 cm³/mol. The van der Waals surface area contributed by atoms with Crippen molar-refractivity contribution in [1.29, 1.82) is 5.26 Å². The summed E-state index contributed by atoms with van der Waals surface area (Å²) in [4.78, 5) is 11.6. The molecule has 0 bridgehead atoms. The number of rotatable bonds is 7. The average molecular weight is 283 g/mol. The fraction of sp³-hybridized carbons (Fsp3) is 0.500. The Labute approximate surface area is 116 Å². The summed E-state index contributed by atoms with van der Waals surface area (Å²) < 4.78 is 0. The molecule has 1 amide bonds. The minimum absolute atomic E-state index is 0.0400. The van der Waals surface area contributed by atoms with Gasteiger partial charge in [-0.05, 0) is 29.7 Å². The molecule has 1 aromatic heterocycles. The van der Waals surface area contributed by atoms with E-state index >= 15 is 0 Å². The lowest BCUT2D eigenvalue weighted by molar-refractivity contribution is -0.115. The molecule has 0 aliphatic heterocycles. The van der Waals surface area contributed by atoms with Crippen LogP contribution in [0.2, 0.25) is 0 Å². The monoisotopic (exact) mass is 283 g/mol. The van der Waals surface area contributed by atoms with Crippen molar-refractivity contribution in [2.24, 2.45) is 11.7 Å². The Morgan fingerprint density at radius 1 is 1.72 bits per heavy atom. The normalized spacial score (nSPS) is 11.8. The third-order valence-electron chi connectivity index (χ3n) is 2.32. The first-order valence-corrected chi connectivity index (χ1v) is 7.76. The maximum absolute atomic E-state index is 11.6. The number of thioether (sulfide) groups is 1. The van der Waals surface area contributed by atoms with Gasteiger partial charge in [0.1, 0.15) is 11.1 Å². The summed E-state index contributed by atoms with van der Waals surface area (Å²) in [7, 11) is 0. The van der Waals surface area contributed by atoms with Gasteiger partial charge in [0.05, 0.1) is 5.56 Å². The maximum atomic E-state index is 11.6. The number of anilines is 1. The van der Waals surface area contributed by atoms with E-state index in [4.69, 9.17) is 11.0 Å². The van der Waals surface area contributed by atoms with Gasteiger partial charge in [0, 0.05) is 12.2 Å². The number of hydrogen-bond donors (Lipinski definition) is 2. The summed E-state index contributed by atoms with van der Waals surface area (Å²) in [5.41, 5.74) is 6.04. The van der Waals surface area contributed by atoms with Crippen LogP contribution in [0.5, 0.6) is 0 Å². The van der Waals surface area contributed by atoms with E-state index in [1.807, 2.05) is 6.07 Å². The molecule has 0 fully saturated rings. The highest BCUT2D eigenvalue weighted by Gasteiger charge is 2.08. The van der Waals surface area contributed by atoms with Gasteiger partial charge in [0.25, 0.3) is 0 Å². The van der Waals surface area contributed by atoms with Crippen LogP contribution >= 0.6 is 23.1 Å². The molecule has 6 heteroatoms. The average Bonchev–Trinajstić information content (AvgIpc) is 2.81. The van der Waals surface area contributed by atoms with Crippen LogP contribution in [0.15, 0.2) is 11.4 Å². The van der Waals surface area contributed by atoms with Crippen LogP contribution in [0.1, 0.15) is 18.9 Å². The van der Waals surface area contributed by atoms with Gasteiger partial charge in [-0.3, -0.25) is 4.79 Å². The van der Waals surface area contributed by atoms with Gasteiger partial charge in [0.15, 0.2) is 0 Å². The topological polar surface area (TPSA) is 78.9 Å². The van der Waals surface area contributed by atoms with Crippen LogP contribution in [0.3, 0.4) is 0 Å². The molecule has 98 valence electrons. The second-order valence-corrected chi connectivity index (χ2v) is 6.06. The number of carbonyl (C=O) groups is 1. The Balaban J connectivity index is 2.24. The molecule has 0 aliphatic rings. The molecule has 0 saturated heterocycles. The molecule has 1 unspecified atom stereocenters. The molecule has 0 saturated carbocycles. The van der Waals surface area contributed by atoms with E-state index in [1.165, 1.54) is 11.3 Å². The Kier molecular flexibility index (Phi) is 6.80. The van der Waals surface area contributed by atoms with Crippen LogP contribution in [0, 0.1) is 17.2 Å². The van der Waals surface area contributed by atoms with Crippen LogP contribution in [0.4, 0.5) is 5.00 Å². The second-order valence-electron chi connectivity index (χ2n) is 3.99. The van der Waals surface area contributed by atoms with Crippen molar-refractivity contribution in [3.63, 3.8) is 0 Å². The number of nitriles is 1. The Hall–Kier alpha value is -1.03. The number of nitrogens with zero attached hydrogens (tertiary/aromatic N) is 1. The zero-order valence-electron chi connectivity index (χ0n) is 10.3. The molecule has 0 radical (unpaired) electrons. The predicted octanol–water partition coefficient (Wildman–Crippen LogP) is 2.28. The second kappa shape index (κ2) is 8.14. The number of amides is 1. The van der Waals surface area contributed by atoms with Gasteiger partial charge >= 0.3 is 0 Å². The van der Waals surface area contributed by atoms with Gasteiger partial charge in [-0.1, -0.05) is 6.92 Å². The lowest BCUT2D eigenvalue weighted by Gasteiger charge is -2.07. The summed E-state index contributed by atoms with van der Waals surface area (Å²) in [6.45, 7) is 2.78. The van der Waals surface area contributed by atoms with Crippen LogP contribution in [0.25, 0.3) is 0 Å². The zero-order chi connectivity index (χ0) is 13.4. The van der Waals surface area contributed by atoms with Crippen molar-refractivity contribution in [2.45, 2.75) is 13.3 Å². The van der Waals surface area contributed by atoms with E-state index in [9.17, 15) is 4.79 Å². The van der Waals surface area contributed by atoms with Crippen molar-refractivity contribution >= 4 is 34.0 Å². The SMILES string of the molecule is CC(CN)CSCCC(=O)Nc1sccc1C#N. The smallest absolute Gasteiger partial charge is 0.225 e. The first-order chi connectivity index (χ1) is 8.67. The lowest BCUT2D eigenvalue weighted by Crippen LogP contribution is -2.15. The number of hydrogen-bond acceptors (Lipinski definition) is 5. The Bertz CT molecular complexity index is 425. The molecule has 1 aromatic rings. The molecular weight excluding hydrogens is 266 g/mol. The van der Waals surface area contributed by atoms with Gasteiger partial charge < -0.3 is 11.1 Å². The number of thiophene rings is 1. The number of nitrogens with one attached hydrogen (secondary N) is 1. The third-order valence-corrected chi connectivity index (χ3v) is 4.44. The summed E-state index contributed by atoms with van der Waals surface area (Å²) in [6.07, 6.45) is 0.463. The van der Waals surface area contributed by atoms with E-state index in [1.54, 1.807) is 23.2 Å². The zero-order valence-corrected chi connectivity index (χ0v) is 11.9. The number of nitrogens with two attached hydrogens (primary N) is 1. The van der Waals surface area contributed by atoms with E-state index < -0.39 is 0 Å². The van der Waals surface area contributed by atoms with E-state index in [-0.39, 0.29) is 5.91 Å². The van der Waals surface area contributed by atoms with Gasteiger partial charge in [-0.25, -0.2) is 0 Å². The standard InChI is InChI=1S/C12H17N3OS2/c1-9(6-13)8-17-4-3-11(16)15-12-10(7-14)2-5-18-12/h2,5,9H,3-4,6,8,13H2,1H3,(H,15,16). The maximum Gasteiger partial charge on any atom is 0.225 e. The third kappa shape index (κ3) is 5.08. The quantitative estimate of drug-likeness (QED) is 0.752. The first-order valence-electron chi connectivity index (χ1n) is 5.72. The Morgan fingerprint density at radius 3 is 3.17 bits per heavy atom. The summed E-state index contributed by atoms with van der Waals surface area (Å²) in [5.74, 6) is 2.21.